The number of rotatable bonds is 6. The van der Waals surface area contributed by atoms with Crippen molar-refractivity contribution in [2.75, 3.05) is 31.6 Å². The van der Waals surface area contributed by atoms with Gasteiger partial charge in [0.15, 0.2) is 0 Å². The molecule has 1 aromatic heterocycles. The monoisotopic (exact) mass is 400 g/mol. The van der Waals surface area contributed by atoms with E-state index in [1.807, 2.05) is 31.7 Å². The molecule has 1 aliphatic rings. The summed E-state index contributed by atoms with van der Waals surface area (Å²) < 4.78 is 6.35. The average Bonchev–Trinajstić information content (AvgIpc) is 2.70. The standard InChI is InChI=1S/C22H29ClN4O/c1-5-26(4)15-25-20-12-17(3)21(13-16(20)2)28-19-8-10-27(11-9-19)18-6-7-22(23)24-14-18/h6-7,12-15,19H,5,8-11H2,1-4H3. The van der Waals surface area contributed by atoms with E-state index in [2.05, 4.69) is 52.7 Å². The molecule has 2 heterocycles. The number of benzene rings is 1. The zero-order chi connectivity index (χ0) is 20.1. The van der Waals surface area contributed by atoms with Gasteiger partial charge in [-0.2, -0.15) is 0 Å². The quantitative estimate of drug-likeness (QED) is 0.388. The molecule has 0 bridgehead atoms. The Morgan fingerprint density at radius 3 is 2.64 bits per heavy atom. The first-order valence-corrected chi connectivity index (χ1v) is 10.2. The third-order valence-electron chi connectivity index (χ3n) is 5.20. The van der Waals surface area contributed by atoms with Crippen molar-refractivity contribution < 1.29 is 4.74 Å². The van der Waals surface area contributed by atoms with Crippen LogP contribution in [-0.4, -0.2) is 49.0 Å². The molecule has 5 nitrogen and oxygen atoms in total. The fraction of sp³-hybridized carbons (Fsp3) is 0.455. The van der Waals surface area contributed by atoms with E-state index < -0.39 is 0 Å². The predicted molar refractivity (Wildman–Crippen MR) is 117 cm³/mol. The summed E-state index contributed by atoms with van der Waals surface area (Å²) in [6.07, 6.45) is 5.93. The second kappa shape index (κ2) is 9.28. The normalized spacial score (nSPS) is 15.2. The van der Waals surface area contributed by atoms with Crippen LogP contribution in [0.3, 0.4) is 0 Å². The minimum Gasteiger partial charge on any atom is -0.490 e. The highest BCUT2D eigenvalue weighted by atomic mass is 35.5. The molecule has 0 aliphatic carbocycles. The summed E-state index contributed by atoms with van der Waals surface area (Å²) in [5, 5.41) is 0.530. The van der Waals surface area contributed by atoms with Crippen molar-refractivity contribution in [1.29, 1.82) is 0 Å². The van der Waals surface area contributed by atoms with Crippen LogP contribution in [0.25, 0.3) is 0 Å². The number of aliphatic imine (C=N–C) groups is 1. The van der Waals surface area contributed by atoms with Gasteiger partial charge in [-0.15, -0.1) is 0 Å². The summed E-state index contributed by atoms with van der Waals surface area (Å²) in [4.78, 5) is 13.2. The molecule has 1 fully saturated rings. The zero-order valence-electron chi connectivity index (χ0n) is 17.2. The van der Waals surface area contributed by atoms with Crippen LogP contribution in [0.5, 0.6) is 5.75 Å². The zero-order valence-corrected chi connectivity index (χ0v) is 17.9. The second-order valence-corrected chi connectivity index (χ2v) is 7.75. The Kier molecular flexibility index (Phi) is 6.79. The predicted octanol–water partition coefficient (Wildman–Crippen LogP) is 5.01. The smallest absolute Gasteiger partial charge is 0.129 e. The number of hydrogen-bond donors (Lipinski definition) is 0. The van der Waals surface area contributed by atoms with Gasteiger partial charge < -0.3 is 14.5 Å². The van der Waals surface area contributed by atoms with E-state index in [9.17, 15) is 0 Å². The molecule has 0 radical (unpaired) electrons. The molecule has 2 aromatic rings. The SMILES string of the molecule is CCN(C)C=Nc1cc(C)c(OC2CCN(c3ccc(Cl)nc3)CC2)cc1C. The van der Waals surface area contributed by atoms with Crippen LogP contribution in [0.1, 0.15) is 30.9 Å². The molecule has 150 valence electrons. The highest BCUT2D eigenvalue weighted by Crippen LogP contribution is 2.30. The summed E-state index contributed by atoms with van der Waals surface area (Å²) in [7, 11) is 2.02. The molecule has 1 saturated heterocycles. The molecule has 0 N–H and O–H groups in total. The van der Waals surface area contributed by atoms with Crippen molar-refractivity contribution >= 4 is 29.3 Å². The summed E-state index contributed by atoms with van der Waals surface area (Å²) in [5.74, 6) is 0.965. The van der Waals surface area contributed by atoms with E-state index in [-0.39, 0.29) is 6.10 Å². The topological polar surface area (TPSA) is 41.0 Å². The maximum atomic E-state index is 6.35. The highest BCUT2D eigenvalue weighted by Gasteiger charge is 2.22. The van der Waals surface area contributed by atoms with Gasteiger partial charge in [0.25, 0.3) is 0 Å². The van der Waals surface area contributed by atoms with Gasteiger partial charge in [-0.25, -0.2) is 9.98 Å². The molecule has 1 aliphatic heterocycles. The van der Waals surface area contributed by atoms with Gasteiger partial charge in [0.1, 0.15) is 17.0 Å². The molecule has 6 heteroatoms. The van der Waals surface area contributed by atoms with Crippen molar-refractivity contribution in [3.8, 4) is 5.75 Å². The Labute approximate surface area is 173 Å². The minimum atomic E-state index is 0.232. The fourth-order valence-electron chi connectivity index (χ4n) is 3.25. The van der Waals surface area contributed by atoms with Crippen LogP contribution in [0.4, 0.5) is 11.4 Å². The molecule has 0 atom stereocenters. The van der Waals surface area contributed by atoms with E-state index >= 15 is 0 Å². The first-order chi connectivity index (χ1) is 13.5. The minimum absolute atomic E-state index is 0.232. The molecule has 0 unspecified atom stereocenters. The number of halogens is 1. The number of aryl methyl sites for hydroxylation is 2. The van der Waals surface area contributed by atoms with Crippen molar-refractivity contribution in [3.63, 3.8) is 0 Å². The molecule has 0 spiro atoms. The maximum absolute atomic E-state index is 6.35. The third-order valence-corrected chi connectivity index (χ3v) is 5.42. The average molecular weight is 401 g/mol. The van der Waals surface area contributed by atoms with E-state index in [4.69, 9.17) is 16.3 Å². The third kappa shape index (κ3) is 5.16. The van der Waals surface area contributed by atoms with Gasteiger partial charge in [0, 0.05) is 39.5 Å². The molecule has 28 heavy (non-hydrogen) atoms. The molecule has 0 amide bonds. The Morgan fingerprint density at radius 1 is 1.25 bits per heavy atom. The van der Waals surface area contributed by atoms with Crippen LogP contribution >= 0.6 is 11.6 Å². The van der Waals surface area contributed by atoms with Crippen molar-refractivity contribution in [1.82, 2.24) is 9.88 Å². The number of nitrogens with zero attached hydrogens (tertiary/aromatic N) is 4. The molecule has 0 saturated carbocycles. The first kappa shape index (κ1) is 20.5. The van der Waals surface area contributed by atoms with Crippen LogP contribution in [0.15, 0.2) is 35.5 Å². The van der Waals surface area contributed by atoms with Gasteiger partial charge in [-0.1, -0.05) is 11.6 Å². The lowest BCUT2D eigenvalue weighted by Gasteiger charge is -2.33. The van der Waals surface area contributed by atoms with Gasteiger partial charge in [0.2, 0.25) is 0 Å². The van der Waals surface area contributed by atoms with Gasteiger partial charge in [-0.3, -0.25) is 0 Å². The van der Waals surface area contributed by atoms with Crippen LogP contribution in [-0.2, 0) is 0 Å². The van der Waals surface area contributed by atoms with Crippen molar-refractivity contribution in [2.24, 2.45) is 4.99 Å². The summed E-state index contributed by atoms with van der Waals surface area (Å²) in [5.41, 5.74) is 4.37. The molecule has 3 rings (SSSR count). The summed E-state index contributed by atoms with van der Waals surface area (Å²) in [6, 6.07) is 8.09. The lowest BCUT2D eigenvalue weighted by Crippen LogP contribution is -2.38. The molecular weight excluding hydrogens is 372 g/mol. The lowest BCUT2D eigenvalue weighted by atomic mass is 10.1. The van der Waals surface area contributed by atoms with E-state index in [0.29, 0.717) is 5.15 Å². The van der Waals surface area contributed by atoms with Crippen LogP contribution < -0.4 is 9.64 Å². The van der Waals surface area contributed by atoms with Gasteiger partial charge in [0.05, 0.1) is 23.9 Å². The van der Waals surface area contributed by atoms with E-state index in [0.717, 1.165) is 60.7 Å². The number of ether oxygens (including phenoxy) is 1. The van der Waals surface area contributed by atoms with E-state index in [1.54, 1.807) is 0 Å². The molecular formula is C22H29ClN4O. The Balaban J connectivity index is 1.61. The van der Waals surface area contributed by atoms with Gasteiger partial charge >= 0.3 is 0 Å². The number of hydrogen-bond acceptors (Lipinski definition) is 4. The first-order valence-electron chi connectivity index (χ1n) is 9.85. The van der Waals surface area contributed by atoms with Crippen molar-refractivity contribution in [2.45, 2.75) is 39.7 Å². The van der Waals surface area contributed by atoms with E-state index in [1.165, 1.54) is 0 Å². The number of aromatic nitrogens is 1. The molecule has 1 aromatic carbocycles. The Morgan fingerprint density at radius 2 is 2.00 bits per heavy atom. The number of piperidine rings is 1. The Hall–Kier alpha value is -2.27. The number of pyridine rings is 1. The fourth-order valence-corrected chi connectivity index (χ4v) is 3.36. The van der Waals surface area contributed by atoms with Gasteiger partial charge in [-0.05, 0) is 56.2 Å². The summed E-state index contributed by atoms with van der Waals surface area (Å²) in [6.45, 7) is 9.13. The Bertz CT molecular complexity index is 814. The second-order valence-electron chi connectivity index (χ2n) is 7.37. The number of anilines is 1. The largest absolute Gasteiger partial charge is 0.490 e. The highest BCUT2D eigenvalue weighted by molar-refractivity contribution is 6.29. The summed E-state index contributed by atoms with van der Waals surface area (Å²) >= 11 is 5.88. The van der Waals surface area contributed by atoms with Crippen LogP contribution in [0.2, 0.25) is 5.15 Å². The van der Waals surface area contributed by atoms with Crippen molar-refractivity contribution in [3.05, 3.63) is 46.7 Å². The lowest BCUT2D eigenvalue weighted by molar-refractivity contribution is 0.170. The van der Waals surface area contributed by atoms with Crippen LogP contribution in [0, 0.1) is 13.8 Å². The maximum Gasteiger partial charge on any atom is 0.129 e.